The van der Waals surface area contributed by atoms with Gasteiger partial charge in [-0.3, -0.25) is 9.59 Å². The summed E-state index contributed by atoms with van der Waals surface area (Å²) < 4.78 is 0.596. The lowest BCUT2D eigenvalue weighted by Gasteiger charge is -2.29. The summed E-state index contributed by atoms with van der Waals surface area (Å²) in [6.07, 6.45) is 0. The Morgan fingerprint density at radius 2 is 2.19 bits per heavy atom. The lowest BCUT2D eigenvalue weighted by atomic mass is 9.86. The highest BCUT2D eigenvalue weighted by Gasteiger charge is 2.29. The molecule has 0 fully saturated rings. The number of hydrogen-bond donors (Lipinski definition) is 2. The van der Waals surface area contributed by atoms with Crippen molar-refractivity contribution in [3.8, 4) is 0 Å². The van der Waals surface area contributed by atoms with Crippen molar-refractivity contribution < 1.29 is 4.79 Å². The van der Waals surface area contributed by atoms with Gasteiger partial charge in [-0.05, 0) is 16.9 Å². The molecule has 0 saturated heterocycles. The first kappa shape index (κ1) is 15.7. The van der Waals surface area contributed by atoms with Gasteiger partial charge in [0.05, 0.1) is 18.1 Å². The van der Waals surface area contributed by atoms with Crippen molar-refractivity contribution in [3.63, 3.8) is 0 Å². The van der Waals surface area contributed by atoms with Crippen molar-refractivity contribution in [2.45, 2.75) is 33.4 Å². The molecule has 2 heterocycles. The molecule has 0 saturated carbocycles. The zero-order valence-corrected chi connectivity index (χ0v) is 13.5. The molecule has 0 bridgehead atoms. The third-order valence-electron chi connectivity index (χ3n) is 3.33. The second kappa shape index (κ2) is 5.57. The van der Waals surface area contributed by atoms with Crippen LogP contribution in [0.25, 0.3) is 10.2 Å². The van der Waals surface area contributed by atoms with E-state index in [1.165, 1.54) is 16.2 Å². The van der Waals surface area contributed by atoms with E-state index in [4.69, 9.17) is 5.73 Å². The number of thiophene rings is 1. The Morgan fingerprint density at radius 1 is 1.52 bits per heavy atom. The van der Waals surface area contributed by atoms with Crippen LogP contribution in [-0.2, 0) is 11.3 Å². The number of nitrogens with zero attached hydrogens (tertiary/aromatic N) is 2. The first-order valence-corrected chi connectivity index (χ1v) is 7.55. The van der Waals surface area contributed by atoms with Crippen molar-refractivity contribution in [1.29, 1.82) is 0 Å². The van der Waals surface area contributed by atoms with E-state index >= 15 is 0 Å². The van der Waals surface area contributed by atoms with Crippen LogP contribution in [0.3, 0.4) is 0 Å². The summed E-state index contributed by atoms with van der Waals surface area (Å²) >= 11 is 1.35. The Bertz CT molecular complexity index is 714. The molecule has 7 heteroatoms. The quantitative estimate of drug-likeness (QED) is 0.894. The molecule has 0 unspecified atom stereocenters. The maximum Gasteiger partial charge on any atom is 0.268 e. The minimum atomic E-state index is -0.598. The Hall–Kier alpha value is -1.73. The Morgan fingerprint density at radius 3 is 2.81 bits per heavy atom. The molecule has 2 rings (SSSR count). The molecule has 0 aromatic carbocycles. The van der Waals surface area contributed by atoms with Crippen LogP contribution in [0.1, 0.15) is 26.6 Å². The lowest BCUT2D eigenvalue weighted by Crippen LogP contribution is -2.49. The topological polar surface area (TPSA) is 92.1 Å². The van der Waals surface area contributed by atoms with Gasteiger partial charge in [0.2, 0.25) is 5.91 Å². The number of aromatic amines is 1. The number of hydrogen-bond acceptors (Lipinski definition) is 5. The maximum atomic E-state index is 12.3. The number of likely N-dealkylation sites (N-methyl/N-ethyl adjacent to an activating group) is 1. The van der Waals surface area contributed by atoms with Crippen LogP contribution in [0, 0.1) is 5.41 Å². The van der Waals surface area contributed by atoms with Gasteiger partial charge < -0.3 is 15.6 Å². The average molecular weight is 308 g/mol. The molecule has 114 valence electrons. The highest BCUT2D eigenvalue weighted by Crippen LogP contribution is 2.19. The number of nitrogens with two attached hydrogens (primary N) is 1. The number of fused-ring (bicyclic) bond motifs is 1. The predicted molar refractivity (Wildman–Crippen MR) is 84.1 cm³/mol. The summed E-state index contributed by atoms with van der Waals surface area (Å²) in [5, 5.41) is 1.82. The van der Waals surface area contributed by atoms with Crippen molar-refractivity contribution in [3.05, 3.63) is 27.6 Å². The van der Waals surface area contributed by atoms with Gasteiger partial charge in [0.1, 0.15) is 10.5 Å². The van der Waals surface area contributed by atoms with Crippen LogP contribution in [-0.4, -0.2) is 33.9 Å². The number of rotatable bonds is 3. The third-order valence-corrected chi connectivity index (χ3v) is 4.23. The van der Waals surface area contributed by atoms with E-state index in [1.807, 2.05) is 26.2 Å². The molecule has 0 aliphatic carbocycles. The van der Waals surface area contributed by atoms with E-state index < -0.39 is 6.04 Å². The summed E-state index contributed by atoms with van der Waals surface area (Å²) in [6.45, 7) is 5.98. The van der Waals surface area contributed by atoms with Crippen LogP contribution in [0.2, 0.25) is 0 Å². The van der Waals surface area contributed by atoms with Crippen LogP contribution in [0.15, 0.2) is 16.2 Å². The van der Waals surface area contributed by atoms with E-state index in [2.05, 4.69) is 9.97 Å². The largest absolute Gasteiger partial charge is 0.337 e. The molecule has 2 aromatic heterocycles. The lowest BCUT2D eigenvalue weighted by molar-refractivity contribution is -0.134. The molecule has 0 aliphatic rings. The van der Waals surface area contributed by atoms with Gasteiger partial charge in [-0.25, -0.2) is 4.98 Å². The maximum absolute atomic E-state index is 12.3. The fraction of sp³-hybridized carbons (Fsp3) is 0.500. The SMILES string of the molecule is CN(Cc1nc2ccsc2c(=O)[nH]1)C(=O)[C@@H](N)C(C)(C)C. The second-order valence-corrected chi connectivity index (χ2v) is 7.10. The first-order chi connectivity index (χ1) is 9.70. The number of nitrogens with one attached hydrogen (secondary N) is 1. The van der Waals surface area contributed by atoms with Crippen LogP contribution in [0.5, 0.6) is 0 Å². The zero-order valence-electron chi connectivity index (χ0n) is 12.6. The second-order valence-electron chi connectivity index (χ2n) is 6.19. The molecule has 1 atom stereocenters. The normalized spacial score (nSPS) is 13.4. The first-order valence-electron chi connectivity index (χ1n) is 6.67. The Kier molecular flexibility index (Phi) is 4.15. The fourth-order valence-electron chi connectivity index (χ4n) is 1.91. The standard InChI is InChI=1S/C14H20N4O2S/c1-14(2,3)11(15)13(20)18(4)7-9-16-8-5-6-21-10(8)12(19)17-9/h5-6,11H,7,15H2,1-4H3,(H,16,17,19)/t11-/m1/s1. The Labute approximate surface area is 127 Å². The number of amides is 1. The molecule has 3 N–H and O–H groups in total. The highest BCUT2D eigenvalue weighted by atomic mass is 32.1. The monoisotopic (exact) mass is 308 g/mol. The average Bonchev–Trinajstić information content (AvgIpc) is 2.84. The third kappa shape index (κ3) is 3.30. The van der Waals surface area contributed by atoms with Crippen molar-refractivity contribution in [2.75, 3.05) is 7.05 Å². The van der Waals surface area contributed by atoms with Gasteiger partial charge in [-0.1, -0.05) is 20.8 Å². The molecule has 21 heavy (non-hydrogen) atoms. The van der Waals surface area contributed by atoms with Crippen molar-refractivity contribution in [1.82, 2.24) is 14.9 Å². The minimum absolute atomic E-state index is 0.171. The van der Waals surface area contributed by atoms with E-state index in [0.717, 1.165) is 0 Å². The summed E-state index contributed by atoms with van der Waals surface area (Å²) in [5.41, 5.74) is 6.13. The summed E-state index contributed by atoms with van der Waals surface area (Å²) in [7, 11) is 1.66. The molecule has 0 radical (unpaired) electrons. The number of aromatic nitrogens is 2. The van der Waals surface area contributed by atoms with Gasteiger partial charge in [-0.15, -0.1) is 11.3 Å². The van der Waals surface area contributed by atoms with Crippen molar-refractivity contribution in [2.24, 2.45) is 11.1 Å². The molecule has 2 aromatic rings. The molecule has 0 aliphatic heterocycles. The smallest absolute Gasteiger partial charge is 0.268 e. The van der Waals surface area contributed by atoms with E-state index in [-0.39, 0.29) is 23.4 Å². The molecular formula is C14H20N4O2S. The van der Waals surface area contributed by atoms with Gasteiger partial charge >= 0.3 is 0 Å². The van der Waals surface area contributed by atoms with Crippen LogP contribution >= 0.6 is 11.3 Å². The highest BCUT2D eigenvalue weighted by molar-refractivity contribution is 7.17. The molecule has 0 spiro atoms. The van der Waals surface area contributed by atoms with E-state index in [1.54, 1.807) is 13.1 Å². The zero-order chi connectivity index (χ0) is 15.8. The molecule has 1 amide bonds. The summed E-state index contributed by atoms with van der Waals surface area (Å²) in [6, 6.07) is 1.20. The van der Waals surface area contributed by atoms with Crippen molar-refractivity contribution >= 4 is 27.5 Å². The number of H-pyrrole nitrogens is 1. The molecular weight excluding hydrogens is 288 g/mol. The molecule has 6 nitrogen and oxygen atoms in total. The summed E-state index contributed by atoms with van der Waals surface area (Å²) in [5.74, 6) is 0.290. The van der Waals surface area contributed by atoms with Crippen LogP contribution < -0.4 is 11.3 Å². The fourth-order valence-corrected chi connectivity index (χ4v) is 2.63. The van der Waals surface area contributed by atoms with Gasteiger partial charge in [0.25, 0.3) is 5.56 Å². The van der Waals surface area contributed by atoms with Crippen LogP contribution in [0.4, 0.5) is 0 Å². The minimum Gasteiger partial charge on any atom is -0.337 e. The number of carbonyl (C=O) groups is 1. The number of carbonyl (C=O) groups excluding carboxylic acids is 1. The predicted octanol–water partition coefficient (Wildman–Crippen LogP) is 1.32. The Balaban J connectivity index is 2.20. The van der Waals surface area contributed by atoms with E-state index in [9.17, 15) is 9.59 Å². The van der Waals surface area contributed by atoms with Gasteiger partial charge in [-0.2, -0.15) is 0 Å². The van der Waals surface area contributed by atoms with Gasteiger partial charge in [0, 0.05) is 7.05 Å². The van der Waals surface area contributed by atoms with Gasteiger partial charge in [0.15, 0.2) is 0 Å². The van der Waals surface area contributed by atoms with E-state index in [0.29, 0.717) is 16.0 Å². The summed E-state index contributed by atoms with van der Waals surface area (Å²) in [4.78, 5) is 32.7.